The standard InChI is InChI=1S/C14H15NO4/c1-2-18-14(17)11(15)7-12(16)10-8-19-13-6-4-3-5-9(10)13/h3-6,8,11H,2,7,15H2,1H3. The van der Waals surface area contributed by atoms with E-state index in [4.69, 9.17) is 14.9 Å². The van der Waals surface area contributed by atoms with E-state index in [2.05, 4.69) is 0 Å². The van der Waals surface area contributed by atoms with Gasteiger partial charge in [-0.05, 0) is 13.0 Å². The van der Waals surface area contributed by atoms with E-state index in [1.54, 1.807) is 19.1 Å². The number of ether oxygens (including phenoxy) is 1. The number of carbonyl (C=O) groups excluding carboxylic acids is 2. The van der Waals surface area contributed by atoms with Gasteiger partial charge in [0.25, 0.3) is 0 Å². The Morgan fingerprint density at radius 3 is 2.84 bits per heavy atom. The Morgan fingerprint density at radius 2 is 2.11 bits per heavy atom. The van der Waals surface area contributed by atoms with E-state index >= 15 is 0 Å². The van der Waals surface area contributed by atoms with Gasteiger partial charge in [0.1, 0.15) is 17.9 Å². The zero-order valence-corrected chi connectivity index (χ0v) is 10.6. The molecule has 1 aromatic heterocycles. The van der Waals surface area contributed by atoms with Crippen LogP contribution >= 0.6 is 0 Å². The maximum atomic E-state index is 12.1. The van der Waals surface area contributed by atoms with Crippen LogP contribution in [0.25, 0.3) is 11.0 Å². The number of furan rings is 1. The largest absolute Gasteiger partial charge is 0.465 e. The lowest BCUT2D eigenvalue weighted by Gasteiger charge is -2.08. The number of ketones is 1. The van der Waals surface area contributed by atoms with Gasteiger partial charge in [-0.2, -0.15) is 0 Å². The molecular weight excluding hydrogens is 246 g/mol. The van der Waals surface area contributed by atoms with Gasteiger partial charge < -0.3 is 14.9 Å². The molecule has 1 aromatic carbocycles. The van der Waals surface area contributed by atoms with Gasteiger partial charge in [0.2, 0.25) is 0 Å². The van der Waals surface area contributed by atoms with Crippen LogP contribution in [-0.2, 0) is 9.53 Å². The van der Waals surface area contributed by atoms with Crippen molar-refractivity contribution in [2.75, 3.05) is 6.61 Å². The molecule has 5 nitrogen and oxygen atoms in total. The molecule has 2 rings (SSSR count). The highest BCUT2D eigenvalue weighted by Gasteiger charge is 2.21. The molecule has 0 radical (unpaired) electrons. The fourth-order valence-corrected chi connectivity index (χ4v) is 1.84. The first-order valence-electron chi connectivity index (χ1n) is 6.05. The number of Topliss-reactive ketones (excluding diaryl/α,β-unsaturated/α-hetero) is 1. The first-order chi connectivity index (χ1) is 9.13. The number of para-hydroxylation sites is 1. The smallest absolute Gasteiger partial charge is 0.323 e. The topological polar surface area (TPSA) is 82.5 Å². The summed E-state index contributed by atoms with van der Waals surface area (Å²) in [6, 6.07) is 6.27. The molecule has 1 atom stereocenters. The summed E-state index contributed by atoms with van der Waals surface area (Å²) in [6.45, 7) is 1.94. The van der Waals surface area contributed by atoms with Crippen molar-refractivity contribution in [3.63, 3.8) is 0 Å². The van der Waals surface area contributed by atoms with E-state index in [1.807, 2.05) is 12.1 Å². The molecule has 0 aliphatic carbocycles. The zero-order valence-electron chi connectivity index (χ0n) is 10.6. The highest BCUT2D eigenvalue weighted by molar-refractivity contribution is 6.08. The van der Waals surface area contributed by atoms with Crippen LogP contribution in [0.15, 0.2) is 34.9 Å². The molecular formula is C14H15NO4. The predicted molar refractivity (Wildman–Crippen MR) is 69.8 cm³/mol. The van der Waals surface area contributed by atoms with E-state index in [0.717, 1.165) is 5.39 Å². The Hall–Kier alpha value is -2.14. The van der Waals surface area contributed by atoms with Crippen molar-refractivity contribution in [1.29, 1.82) is 0 Å². The predicted octanol–water partition coefficient (Wildman–Crippen LogP) is 1.90. The van der Waals surface area contributed by atoms with Crippen LogP contribution in [0.5, 0.6) is 0 Å². The number of fused-ring (bicyclic) bond motifs is 1. The molecule has 0 fully saturated rings. The first-order valence-corrected chi connectivity index (χ1v) is 6.05. The van der Waals surface area contributed by atoms with E-state index in [1.165, 1.54) is 6.26 Å². The van der Waals surface area contributed by atoms with E-state index in [0.29, 0.717) is 11.1 Å². The Balaban J connectivity index is 2.14. The molecule has 2 N–H and O–H groups in total. The second-order valence-electron chi connectivity index (χ2n) is 4.13. The third-order valence-electron chi connectivity index (χ3n) is 2.78. The molecule has 0 bridgehead atoms. The molecule has 0 saturated carbocycles. The van der Waals surface area contributed by atoms with Crippen molar-refractivity contribution >= 4 is 22.7 Å². The molecule has 1 unspecified atom stereocenters. The maximum Gasteiger partial charge on any atom is 0.323 e. The van der Waals surface area contributed by atoms with Crippen LogP contribution in [0.4, 0.5) is 0 Å². The van der Waals surface area contributed by atoms with Gasteiger partial charge >= 0.3 is 5.97 Å². The van der Waals surface area contributed by atoms with E-state index in [9.17, 15) is 9.59 Å². The minimum atomic E-state index is -0.943. The lowest BCUT2D eigenvalue weighted by atomic mass is 10.0. The van der Waals surface area contributed by atoms with Crippen LogP contribution < -0.4 is 5.73 Å². The summed E-state index contributed by atoms with van der Waals surface area (Å²) in [4.78, 5) is 23.5. The van der Waals surface area contributed by atoms with Gasteiger partial charge in [0, 0.05) is 11.8 Å². The number of benzene rings is 1. The van der Waals surface area contributed by atoms with E-state index < -0.39 is 12.0 Å². The van der Waals surface area contributed by atoms with Crippen molar-refractivity contribution in [3.05, 3.63) is 36.1 Å². The lowest BCUT2D eigenvalue weighted by Crippen LogP contribution is -2.34. The Morgan fingerprint density at radius 1 is 1.37 bits per heavy atom. The number of nitrogens with two attached hydrogens (primary N) is 1. The Labute approximate surface area is 110 Å². The molecule has 5 heteroatoms. The number of carbonyl (C=O) groups is 2. The fourth-order valence-electron chi connectivity index (χ4n) is 1.84. The molecule has 19 heavy (non-hydrogen) atoms. The molecule has 0 spiro atoms. The summed E-state index contributed by atoms with van der Waals surface area (Å²) in [5.41, 5.74) is 6.70. The van der Waals surface area contributed by atoms with Gasteiger partial charge in [0.05, 0.1) is 12.2 Å². The Bertz CT molecular complexity index is 602. The average Bonchev–Trinajstić information content (AvgIpc) is 2.82. The second kappa shape index (κ2) is 5.67. The highest BCUT2D eigenvalue weighted by atomic mass is 16.5. The lowest BCUT2D eigenvalue weighted by molar-refractivity contribution is -0.144. The van der Waals surface area contributed by atoms with Crippen LogP contribution in [0.1, 0.15) is 23.7 Å². The van der Waals surface area contributed by atoms with Gasteiger partial charge in [0.15, 0.2) is 5.78 Å². The van der Waals surface area contributed by atoms with Crippen molar-refractivity contribution < 1.29 is 18.7 Å². The summed E-state index contributed by atoms with van der Waals surface area (Å²) in [7, 11) is 0. The quantitative estimate of drug-likeness (QED) is 0.656. The molecule has 0 amide bonds. The number of hydrogen-bond donors (Lipinski definition) is 1. The minimum Gasteiger partial charge on any atom is -0.465 e. The molecule has 2 aromatic rings. The minimum absolute atomic E-state index is 0.0949. The number of hydrogen-bond acceptors (Lipinski definition) is 5. The van der Waals surface area contributed by atoms with Crippen LogP contribution in [0, 0.1) is 0 Å². The maximum absolute atomic E-state index is 12.1. The summed E-state index contributed by atoms with van der Waals surface area (Å²) in [5.74, 6) is -0.797. The van der Waals surface area contributed by atoms with Gasteiger partial charge in [-0.15, -0.1) is 0 Å². The van der Waals surface area contributed by atoms with Gasteiger partial charge in [-0.25, -0.2) is 0 Å². The monoisotopic (exact) mass is 261 g/mol. The van der Waals surface area contributed by atoms with Gasteiger partial charge in [-0.3, -0.25) is 9.59 Å². The van der Waals surface area contributed by atoms with Crippen molar-refractivity contribution in [1.82, 2.24) is 0 Å². The molecule has 0 aliphatic rings. The molecule has 0 saturated heterocycles. The normalized spacial score (nSPS) is 12.3. The van der Waals surface area contributed by atoms with Crippen LogP contribution in [0.3, 0.4) is 0 Å². The van der Waals surface area contributed by atoms with Crippen molar-refractivity contribution in [3.8, 4) is 0 Å². The summed E-state index contributed by atoms with van der Waals surface area (Å²) in [6.07, 6.45) is 1.30. The third kappa shape index (κ3) is 2.82. The summed E-state index contributed by atoms with van der Waals surface area (Å²) in [5, 5.41) is 0.726. The fraction of sp³-hybridized carbons (Fsp3) is 0.286. The second-order valence-corrected chi connectivity index (χ2v) is 4.13. The summed E-state index contributed by atoms with van der Waals surface area (Å²) >= 11 is 0. The molecule has 1 heterocycles. The molecule has 100 valence electrons. The SMILES string of the molecule is CCOC(=O)C(N)CC(=O)c1coc2ccccc12. The zero-order chi connectivity index (χ0) is 13.8. The number of rotatable bonds is 5. The van der Waals surface area contributed by atoms with Crippen molar-refractivity contribution in [2.24, 2.45) is 5.73 Å². The van der Waals surface area contributed by atoms with Crippen molar-refractivity contribution in [2.45, 2.75) is 19.4 Å². The molecule has 0 aliphatic heterocycles. The Kier molecular flexibility index (Phi) is 3.97. The van der Waals surface area contributed by atoms with E-state index in [-0.39, 0.29) is 18.8 Å². The highest BCUT2D eigenvalue weighted by Crippen LogP contribution is 2.22. The third-order valence-corrected chi connectivity index (χ3v) is 2.78. The summed E-state index contributed by atoms with van der Waals surface area (Å²) < 4.78 is 10.1. The van der Waals surface area contributed by atoms with Gasteiger partial charge in [-0.1, -0.05) is 18.2 Å². The van der Waals surface area contributed by atoms with Crippen LogP contribution in [-0.4, -0.2) is 24.4 Å². The van der Waals surface area contributed by atoms with Crippen LogP contribution in [0.2, 0.25) is 0 Å². The first kappa shape index (κ1) is 13.3. The average molecular weight is 261 g/mol. The number of esters is 1.